The number of nitrogens with zero attached hydrogens (tertiary/aromatic N) is 1. The quantitative estimate of drug-likeness (QED) is 0.776. The molecule has 0 aliphatic heterocycles. The molecule has 1 aliphatic carbocycles. The van der Waals surface area contributed by atoms with Crippen LogP contribution in [-0.4, -0.2) is 23.7 Å². The van der Waals surface area contributed by atoms with Crippen LogP contribution in [0.5, 0.6) is 0 Å². The number of nitrogens with two attached hydrogens (primary N) is 1. The van der Waals surface area contributed by atoms with Crippen LogP contribution in [0.2, 0.25) is 0 Å². The zero-order valence-corrected chi connectivity index (χ0v) is 11.7. The first kappa shape index (κ1) is 14.1. The molecule has 3 N–H and O–H groups in total. The van der Waals surface area contributed by atoms with E-state index in [2.05, 4.69) is 10.5 Å². The van der Waals surface area contributed by atoms with E-state index in [0.29, 0.717) is 18.9 Å². The Bertz CT molecular complexity index is 416. The summed E-state index contributed by atoms with van der Waals surface area (Å²) in [6.45, 7) is 4.59. The predicted octanol–water partition coefficient (Wildman–Crippen LogP) is 1.20. The zero-order valence-electron chi connectivity index (χ0n) is 11.7. The molecule has 0 aromatic carbocycles. The number of aromatic nitrogens is 1. The van der Waals surface area contributed by atoms with E-state index in [1.807, 2.05) is 13.8 Å². The fourth-order valence-corrected chi connectivity index (χ4v) is 2.28. The molecule has 1 saturated carbocycles. The number of nitrogens with one attached hydrogen (secondary N) is 1. The van der Waals surface area contributed by atoms with Crippen LogP contribution in [0.1, 0.15) is 43.7 Å². The van der Waals surface area contributed by atoms with Gasteiger partial charge in [0.05, 0.1) is 12.1 Å². The van der Waals surface area contributed by atoms with Crippen LogP contribution in [0.3, 0.4) is 0 Å². The van der Waals surface area contributed by atoms with E-state index in [4.69, 9.17) is 10.3 Å². The molecule has 19 heavy (non-hydrogen) atoms. The normalized spacial score (nSPS) is 16.4. The molecule has 0 radical (unpaired) electrons. The maximum absolute atomic E-state index is 12.0. The molecule has 2 rings (SSSR count). The van der Waals surface area contributed by atoms with E-state index in [0.717, 1.165) is 29.9 Å². The molecule has 1 amide bonds. The molecule has 1 heterocycles. The summed E-state index contributed by atoms with van der Waals surface area (Å²) in [5, 5.41) is 6.92. The van der Waals surface area contributed by atoms with Crippen LogP contribution in [0.25, 0.3) is 0 Å². The highest BCUT2D eigenvalue weighted by molar-refractivity contribution is 5.79. The highest BCUT2D eigenvalue weighted by Gasteiger charge is 2.28. The van der Waals surface area contributed by atoms with Gasteiger partial charge in [0.1, 0.15) is 5.76 Å². The second kappa shape index (κ2) is 6.19. The van der Waals surface area contributed by atoms with E-state index in [1.54, 1.807) is 0 Å². The fraction of sp³-hybridized carbons (Fsp3) is 0.714. The molecule has 0 bridgehead atoms. The van der Waals surface area contributed by atoms with E-state index >= 15 is 0 Å². The van der Waals surface area contributed by atoms with Gasteiger partial charge in [-0.3, -0.25) is 4.79 Å². The Balaban J connectivity index is 1.88. The van der Waals surface area contributed by atoms with Gasteiger partial charge in [0.2, 0.25) is 5.91 Å². The molecule has 0 saturated heterocycles. The molecule has 106 valence electrons. The number of hydrogen-bond donors (Lipinski definition) is 2. The smallest absolute Gasteiger partial charge is 0.224 e. The monoisotopic (exact) mass is 265 g/mol. The Morgan fingerprint density at radius 3 is 2.79 bits per heavy atom. The summed E-state index contributed by atoms with van der Waals surface area (Å²) < 4.78 is 5.26. The summed E-state index contributed by atoms with van der Waals surface area (Å²) in [5.74, 6) is 1.43. The molecule has 1 aromatic heterocycles. The minimum Gasteiger partial charge on any atom is -0.361 e. The summed E-state index contributed by atoms with van der Waals surface area (Å²) in [7, 11) is 0. The van der Waals surface area contributed by atoms with Gasteiger partial charge in [0, 0.05) is 24.6 Å². The van der Waals surface area contributed by atoms with Gasteiger partial charge in [-0.15, -0.1) is 0 Å². The van der Waals surface area contributed by atoms with Gasteiger partial charge in [-0.1, -0.05) is 19.0 Å². The summed E-state index contributed by atoms with van der Waals surface area (Å²) in [5.41, 5.74) is 7.80. The van der Waals surface area contributed by atoms with Crippen LogP contribution in [-0.2, 0) is 24.1 Å². The minimum atomic E-state index is 0.00343. The first-order valence-corrected chi connectivity index (χ1v) is 7.14. The van der Waals surface area contributed by atoms with E-state index in [9.17, 15) is 4.79 Å². The van der Waals surface area contributed by atoms with Gasteiger partial charge in [0.15, 0.2) is 0 Å². The molecule has 1 aliphatic rings. The molecule has 5 heteroatoms. The SMILES string of the molecule is CCc1noc(CC)c1CC(=O)NCC(N)C1CC1. The fourth-order valence-electron chi connectivity index (χ4n) is 2.28. The van der Waals surface area contributed by atoms with E-state index in [-0.39, 0.29) is 11.9 Å². The lowest BCUT2D eigenvalue weighted by Crippen LogP contribution is -2.39. The maximum Gasteiger partial charge on any atom is 0.224 e. The lowest BCUT2D eigenvalue weighted by Gasteiger charge is -2.11. The first-order valence-electron chi connectivity index (χ1n) is 7.14. The second-order valence-electron chi connectivity index (χ2n) is 5.22. The van der Waals surface area contributed by atoms with Crippen molar-refractivity contribution in [2.24, 2.45) is 11.7 Å². The molecular formula is C14H23N3O2. The van der Waals surface area contributed by atoms with Crippen LogP contribution < -0.4 is 11.1 Å². The molecular weight excluding hydrogens is 242 g/mol. The van der Waals surface area contributed by atoms with E-state index < -0.39 is 0 Å². The van der Waals surface area contributed by atoms with Crippen molar-refractivity contribution < 1.29 is 9.32 Å². The van der Waals surface area contributed by atoms with Crippen LogP contribution in [0, 0.1) is 5.92 Å². The maximum atomic E-state index is 12.0. The molecule has 5 nitrogen and oxygen atoms in total. The van der Waals surface area contributed by atoms with Crippen molar-refractivity contribution in [3.63, 3.8) is 0 Å². The average molecular weight is 265 g/mol. The zero-order chi connectivity index (χ0) is 13.8. The number of aryl methyl sites for hydroxylation is 2. The van der Waals surface area contributed by atoms with Crippen molar-refractivity contribution in [3.05, 3.63) is 17.0 Å². The van der Waals surface area contributed by atoms with Gasteiger partial charge in [0.25, 0.3) is 0 Å². The third-order valence-electron chi connectivity index (χ3n) is 3.71. The molecule has 1 aromatic rings. The number of rotatable bonds is 7. The predicted molar refractivity (Wildman–Crippen MR) is 72.7 cm³/mol. The number of hydrogen-bond acceptors (Lipinski definition) is 4. The van der Waals surface area contributed by atoms with Gasteiger partial charge < -0.3 is 15.6 Å². The van der Waals surface area contributed by atoms with E-state index in [1.165, 1.54) is 12.8 Å². The summed E-state index contributed by atoms with van der Waals surface area (Å²) in [4.78, 5) is 12.0. The molecule has 1 atom stereocenters. The minimum absolute atomic E-state index is 0.00343. The molecule has 1 fully saturated rings. The Labute approximate surface area is 113 Å². The second-order valence-corrected chi connectivity index (χ2v) is 5.22. The Morgan fingerprint density at radius 1 is 1.47 bits per heavy atom. The third-order valence-corrected chi connectivity index (χ3v) is 3.71. The number of carbonyl (C=O) groups is 1. The Kier molecular flexibility index (Phi) is 4.58. The standard InChI is InChI=1S/C14H23N3O2/c1-3-12-10(13(4-2)19-17-12)7-14(18)16-8-11(15)9-5-6-9/h9,11H,3-8,15H2,1-2H3,(H,16,18). The van der Waals surface area contributed by atoms with Crippen molar-refractivity contribution >= 4 is 5.91 Å². The lowest BCUT2D eigenvalue weighted by atomic mass is 10.1. The van der Waals surface area contributed by atoms with Crippen molar-refractivity contribution in [1.82, 2.24) is 10.5 Å². The first-order chi connectivity index (χ1) is 9.15. The van der Waals surface area contributed by atoms with Crippen molar-refractivity contribution in [3.8, 4) is 0 Å². The Morgan fingerprint density at radius 2 is 2.21 bits per heavy atom. The highest BCUT2D eigenvalue weighted by atomic mass is 16.5. The summed E-state index contributed by atoms with van der Waals surface area (Å²) in [6, 6.07) is 0.0997. The van der Waals surface area contributed by atoms with Gasteiger partial charge in [-0.2, -0.15) is 0 Å². The third kappa shape index (κ3) is 3.56. The van der Waals surface area contributed by atoms with Crippen molar-refractivity contribution in [1.29, 1.82) is 0 Å². The van der Waals surface area contributed by atoms with Crippen LogP contribution >= 0.6 is 0 Å². The lowest BCUT2D eigenvalue weighted by molar-refractivity contribution is -0.120. The van der Waals surface area contributed by atoms with Crippen LogP contribution in [0.4, 0.5) is 0 Å². The number of amides is 1. The van der Waals surface area contributed by atoms with Crippen molar-refractivity contribution in [2.75, 3.05) is 6.54 Å². The average Bonchev–Trinajstić information content (AvgIpc) is 3.18. The summed E-state index contributed by atoms with van der Waals surface area (Å²) >= 11 is 0. The highest BCUT2D eigenvalue weighted by Crippen LogP contribution is 2.31. The topological polar surface area (TPSA) is 81.2 Å². The summed E-state index contributed by atoms with van der Waals surface area (Å²) in [6.07, 6.45) is 4.28. The number of carbonyl (C=O) groups excluding carboxylic acids is 1. The van der Waals surface area contributed by atoms with Gasteiger partial charge in [-0.25, -0.2) is 0 Å². The largest absolute Gasteiger partial charge is 0.361 e. The van der Waals surface area contributed by atoms with Crippen LogP contribution in [0.15, 0.2) is 4.52 Å². The molecule has 0 spiro atoms. The van der Waals surface area contributed by atoms with Gasteiger partial charge in [-0.05, 0) is 25.2 Å². The van der Waals surface area contributed by atoms with Gasteiger partial charge >= 0.3 is 0 Å². The van der Waals surface area contributed by atoms with Crippen molar-refractivity contribution in [2.45, 2.75) is 52.0 Å². The Hall–Kier alpha value is -1.36. The molecule has 1 unspecified atom stereocenters.